The summed E-state index contributed by atoms with van der Waals surface area (Å²) >= 11 is 0. The van der Waals surface area contributed by atoms with Crippen molar-refractivity contribution in [3.05, 3.63) is 20.8 Å². The summed E-state index contributed by atoms with van der Waals surface area (Å²) in [5.41, 5.74) is -0.941. The smallest absolute Gasteiger partial charge is 0.346 e. The minimum atomic E-state index is -0.764. The minimum Gasteiger partial charge on any atom is -0.481 e. The van der Waals surface area contributed by atoms with Crippen LogP contribution in [-0.2, 0) is 18.9 Å². The highest BCUT2D eigenvalue weighted by molar-refractivity contribution is 5.70. The Labute approximate surface area is 115 Å². The first-order valence-electron chi connectivity index (χ1n) is 6.54. The average Bonchev–Trinajstić information content (AvgIpc) is 2.43. The van der Waals surface area contributed by atoms with Crippen LogP contribution in [0.2, 0.25) is 0 Å². The zero-order chi connectivity index (χ0) is 14.9. The lowest BCUT2D eigenvalue weighted by Crippen LogP contribution is -2.41. The number of aromatic nitrogens is 3. The van der Waals surface area contributed by atoms with E-state index in [1.807, 2.05) is 0 Å². The summed E-state index contributed by atoms with van der Waals surface area (Å²) in [7, 11) is 2.88. The highest BCUT2D eigenvalue weighted by Crippen LogP contribution is 2.25. The van der Waals surface area contributed by atoms with Gasteiger partial charge in [-0.1, -0.05) is 0 Å². The number of aliphatic carboxylic acids is 1. The molecule has 20 heavy (non-hydrogen) atoms. The molecule has 0 aliphatic heterocycles. The van der Waals surface area contributed by atoms with Crippen LogP contribution in [0.15, 0.2) is 9.59 Å². The molecule has 8 heteroatoms. The zero-order valence-corrected chi connectivity index (χ0v) is 11.5. The van der Waals surface area contributed by atoms with Crippen LogP contribution in [0.4, 0.5) is 5.82 Å². The van der Waals surface area contributed by atoms with Crippen molar-refractivity contribution < 1.29 is 9.90 Å². The molecule has 0 amide bonds. The number of hydrogen-bond acceptors (Lipinski definition) is 5. The molecule has 2 N–H and O–H groups in total. The van der Waals surface area contributed by atoms with Crippen molar-refractivity contribution in [1.29, 1.82) is 0 Å². The Morgan fingerprint density at radius 3 is 2.40 bits per heavy atom. The van der Waals surface area contributed by atoms with Gasteiger partial charge in [0.2, 0.25) is 5.82 Å². The van der Waals surface area contributed by atoms with Crippen molar-refractivity contribution in [2.45, 2.75) is 31.7 Å². The maximum atomic E-state index is 11.9. The lowest BCUT2D eigenvalue weighted by molar-refractivity contribution is -0.142. The maximum Gasteiger partial charge on any atom is 0.346 e. The van der Waals surface area contributed by atoms with E-state index < -0.39 is 17.2 Å². The second-order valence-electron chi connectivity index (χ2n) is 5.15. The second kappa shape index (κ2) is 5.48. The standard InChI is InChI=1S/C12H18N4O4/c1-15-10(17)9(14-16(2)12(15)20)13-8-5-3-7(4-6-8)11(18)19/h7-8H,3-6H2,1-2H3,(H,13,14)(H,18,19). The number of aryl methyl sites for hydroxylation is 1. The van der Waals surface area contributed by atoms with E-state index in [0.29, 0.717) is 25.7 Å². The Balaban J connectivity index is 2.11. The summed E-state index contributed by atoms with van der Waals surface area (Å²) in [5, 5.41) is 15.9. The second-order valence-corrected chi connectivity index (χ2v) is 5.15. The van der Waals surface area contributed by atoms with Crippen LogP contribution in [0, 0.1) is 5.92 Å². The zero-order valence-electron chi connectivity index (χ0n) is 11.5. The summed E-state index contributed by atoms with van der Waals surface area (Å²) in [4.78, 5) is 34.3. The lowest BCUT2D eigenvalue weighted by atomic mass is 9.86. The van der Waals surface area contributed by atoms with Crippen LogP contribution in [-0.4, -0.2) is 31.5 Å². The minimum absolute atomic E-state index is 0.0169. The van der Waals surface area contributed by atoms with Crippen LogP contribution < -0.4 is 16.6 Å². The van der Waals surface area contributed by atoms with Crippen molar-refractivity contribution in [3.63, 3.8) is 0 Å². The number of anilines is 1. The molecule has 1 fully saturated rings. The predicted octanol–water partition coefficient (Wildman–Crippen LogP) is -0.466. The third-order valence-corrected chi connectivity index (χ3v) is 3.74. The molecule has 1 saturated carbocycles. The van der Waals surface area contributed by atoms with E-state index in [1.165, 1.54) is 14.1 Å². The highest BCUT2D eigenvalue weighted by Gasteiger charge is 2.26. The number of carbonyl (C=O) groups is 1. The monoisotopic (exact) mass is 282 g/mol. The number of carboxylic acids is 1. The normalized spacial score (nSPS) is 22.5. The van der Waals surface area contributed by atoms with E-state index in [-0.39, 0.29) is 17.8 Å². The van der Waals surface area contributed by atoms with Gasteiger partial charge in [0, 0.05) is 20.1 Å². The number of nitrogens with one attached hydrogen (secondary N) is 1. The molecule has 1 aromatic heterocycles. The van der Waals surface area contributed by atoms with E-state index in [1.54, 1.807) is 0 Å². The van der Waals surface area contributed by atoms with Crippen molar-refractivity contribution >= 4 is 11.8 Å². The Morgan fingerprint density at radius 1 is 1.25 bits per heavy atom. The molecule has 1 aliphatic rings. The van der Waals surface area contributed by atoms with Gasteiger partial charge in [-0.25, -0.2) is 9.48 Å². The summed E-state index contributed by atoms with van der Waals surface area (Å²) in [5.74, 6) is -0.933. The van der Waals surface area contributed by atoms with E-state index in [4.69, 9.17) is 5.11 Å². The van der Waals surface area contributed by atoms with Crippen molar-refractivity contribution in [2.24, 2.45) is 20.0 Å². The maximum absolute atomic E-state index is 11.9. The molecule has 1 aromatic rings. The quantitative estimate of drug-likeness (QED) is 0.776. The Hall–Kier alpha value is -2.12. The number of nitrogens with zero attached hydrogens (tertiary/aromatic N) is 3. The molecule has 0 bridgehead atoms. The van der Waals surface area contributed by atoms with E-state index >= 15 is 0 Å². The third kappa shape index (κ3) is 2.73. The van der Waals surface area contributed by atoms with Gasteiger partial charge in [0.1, 0.15) is 0 Å². The molecule has 0 radical (unpaired) electrons. The molecule has 0 spiro atoms. The first kappa shape index (κ1) is 14.3. The van der Waals surface area contributed by atoms with Gasteiger partial charge in [-0.15, -0.1) is 5.10 Å². The molecular weight excluding hydrogens is 264 g/mol. The van der Waals surface area contributed by atoms with Gasteiger partial charge >= 0.3 is 11.7 Å². The third-order valence-electron chi connectivity index (χ3n) is 3.74. The number of carboxylic acid groups (broad SMARTS) is 1. The fraction of sp³-hybridized carbons (Fsp3) is 0.667. The van der Waals surface area contributed by atoms with E-state index in [9.17, 15) is 14.4 Å². The van der Waals surface area contributed by atoms with Gasteiger partial charge in [-0.05, 0) is 25.7 Å². The summed E-state index contributed by atoms with van der Waals surface area (Å²) < 4.78 is 2.10. The fourth-order valence-electron chi connectivity index (χ4n) is 2.47. The van der Waals surface area contributed by atoms with Crippen LogP contribution in [0.25, 0.3) is 0 Å². The average molecular weight is 282 g/mol. The lowest BCUT2D eigenvalue weighted by Gasteiger charge is -2.26. The molecular formula is C12H18N4O4. The first-order valence-corrected chi connectivity index (χ1v) is 6.54. The van der Waals surface area contributed by atoms with Gasteiger partial charge in [0.25, 0.3) is 5.56 Å². The molecule has 2 rings (SSSR count). The molecule has 110 valence electrons. The fourth-order valence-corrected chi connectivity index (χ4v) is 2.47. The topological polar surface area (TPSA) is 106 Å². The van der Waals surface area contributed by atoms with Crippen LogP contribution >= 0.6 is 0 Å². The SMILES string of the molecule is Cn1nc(NC2CCC(C(=O)O)CC2)c(=O)n(C)c1=O. The Bertz CT molecular complexity index is 625. The van der Waals surface area contributed by atoms with Crippen molar-refractivity contribution in [3.8, 4) is 0 Å². The first-order chi connectivity index (χ1) is 9.40. The Morgan fingerprint density at radius 2 is 1.85 bits per heavy atom. The molecule has 0 saturated heterocycles. The molecule has 1 aliphatic carbocycles. The largest absolute Gasteiger partial charge is 0.481 e. The van der Waals surface area contributed by atoms with Gasteiger partial charge in [0.05, 0.1) is 5.92 Å². The van der Waals surface area contributed by atoms with Gasteiger partial charge in [-0.2, -0.15) is 0 Å². The van der Waals surface area contributed by atoms with Gasteiger partial charge < -0.3 is 10.4 Å². The molecule has 8 nitrogen and oxygen atoms in total. The van der Waals surface area contributed by atoms with E-state index in [2.05, 4.69) is 10.4 Å². The molecule has 0 atom stereocenters. The van der Waals surface area contributed by atoms with Crippen molar-refractivity contribution in [1.82, 2.24) is 14.3 Å². The van der Waals surface area contributed by atoms with Crippen LogP contribution in [0.3, 0.4) is 0 Å². The Kier molecular flexibility index (Phi) is 3.91. The molecule has 0 unspecified atom stereocenters. The van der Waals surface area contributed by atoms with Crippen LogP contribution in [0.5, 0.6) is 0 Å². The summed E-state index contributed by atoms with van der Waals surface area (Å²) in [6.07, 6.45) is 2.51. The summed E-state index contributed by atoms with van der Waals surface area (Å²) in [6, 6.07) is 0.0169. The molecule has 0 aromatic carbocycles. The number of hydrogen-bond donors (Lipinski definition) is 2. The van der Waals surface area contributed by atoms with Gasteiger partial charge in [-0.3, -0.25) is 14.2 Å². The highest BCUT2D eigenvalue weighted by atomic mass is 16.4. The number of rotatable bonds is 3. The summed E-state index contributed by atoms with van der Waals surface area (Å²) in [6.45, 7) is 0. The van der Waals surface area contributed by atoms with Gasteiger partial charge in [0.15, 0.2) is 0 Å². The van der Waals surface area contributed by atoms with Crippen LogP contribution in [0.1, 0.15) is 25.7 Å². The van der Waals surface area contributed by atoms with Crippen molar-refractivity contribution in [2.75, 3.05) is 5.32 Å². The van der Waals surface area contributed by atoms with E-state index in [0.717, 1.165) is 9.25 Å². The molecule has 1 heterocycles. The predicted molar refractivity (Wildman–Crippen MR) is 71.7 cm³/mol.